The summed E-state index contributed by atoms with van der Waals surface area (Å²) in [6, 6.07) is 2.80. The Kier molecular flexibility index (Phi) is 4.68. The quantitative estimate of drug-likeness (QED) is 0.867. The summed E-state index contributed by atoms with van der Waals surface area (Å²) in [7, 11) is 0. The van der Waals surface area contributed by atoms with Crippen molar-refractivity contribution in [3.63, 3.8) is 0 Å². The largest absolute Gasteiger partial charge is 0.477 e. The Hall–Kier alpha value is -1.95. The number of rotatable bonds is 4. The van der Waals surface area contributed by atoms with Crippen LogP contribution in [0, 0.1) is 5.92 Å². The van der Waals surface area contributed by atoms with Crippen molar-refractivity contribution in [2.45, 2.75) is 25.9 Å². The number of ether oxygens (including phenoxy) is 1. The third-order valence-electron chi connectivity index (χ3n) is 3.39. The first-order valence-corrected chi connectivity index (χ1v) is 6.65. The van der Waals surface area contributed by atoms with Crippen LogP contribution in [-0.2, 0) is 4.74 Å². The van der Waals surface area contributed by atoms with Crippen LogP contribution in [0.4, 0.5) is 0 Å². The second kappa shape index (κ2) is 6.47. The van der Waals surface area contributed by atoms with Gasteiger partial charge in [0.25, 0.3) is 5.91 Å². The normalized spacial score (nSPS) is 22.2. The maximum absolute atomic E-state index is 11.9. The summed E-state index contributed by atoms with van der Waals surface area (Å²) in [5.41, 5.74) is 0.301. The Balaban J connectivity index is 1.86. The summed E-state index contributed by atoms with van der Waals surface area (Å²) in [6.07, 6.45) is 3.41. The molecular formula is C14H18N2O4. The molecule has 0 radical (unpaired) electrons. The lowest BCUT2D eigenvalue weighted by molar-refractivity contribution is 0.00302. The molecule has 0 saturated carbocycles. The molecule has 108 valence electrons. The van der Waals surface area contributed by atoms with E-state index in [2.05, 4.69) is 10.3 Å². The van der Waals surface area contributed by atoms with E-state index in [0.717, 1.165) is 19.4 Å². The van der Waals surface area contributed by atoms with Crippen molar-refractivity contribution >= 4 is 11.9 Å². The molecule has 1 aromatic heterocycles. The van der Waals surface area contributed by atoms with E-state index >= 15 is 0 Å². The lowest BCUT2D eigenvalue weighted by Crippen LogP contribution is -2.34. The topological polar surface area (TPSA) is 88.5 Å². The van der Waals surface area contributed by atoms with E-state index in [1.807, 2.05) is 6.92 Å². The molecule has 1 saturated heterocycles. The van der Waals surface area contributed by atoms with Crippen LogP contribution in [0.3, 0.4) is 0 Å². The van der Waals surface area contributed by atoms with Crippen LogP contribution in [0.5, 0.6) is 0 Å². The van der Waals surface area contributed by atoms with E-state index < -0.39 is 5.97 Å². The van der Waals surface area contributed by atoms with Crippen LogP contribution < -0.4 is 5.32 Å². The van der Waals surface area contributed by atoms with Gasteiger partial charge < -0.3 is 15.2 Å². The third kappa shape index (κ3) is 3.77. The number of pyridine rings is 1. The third-order valence-corrected chi connectivity index (χ3v) is 3.39. The van der Waals surface area contributed by atoms with E-state index in [1.165, 1.54) is 18.3 Å². The molecule has 20 heavy (non-hydrogen) atoms. The fraction of sp³-hybridized carbons (Fsp3) is 0.500. The van der Waals surface area contributed by atoms with Gasteiger partial charge in [-0.3, -0.25) is 4.79 Å². The van der Waals surface area contributed by atoms with Crippen LogP contribution in [0.15, 0.2) is 18.3 Å². The van der Waals surface area contributed by atoms with Crippen molar-refractivity contribution in [3.8, 4) is 0 Å². The summed E-state index contributed by atoms with van der Waals surface area (Å²) >= 11 is 0. The highest BCUT2D eigenvalue weighted by Crippen LogP contribution is 2.19. The predicted molar refractivity (Wildman–Crippen MR) is 71.7 cm³/mol. The second-order valence-electron chi connectivity index (χ2n) is 5.02. The fourth-order valence-electron chi connectivity index (χ4n) is 2.27. The summed E-state index contributed by atoms with van der Waals surface area (Å²) in [5.74, 6) is -0.907. The number of hydrogen-bond acceptors (Lipinski definition) is 4. The highest BCUT2D eigenvalue weighted by Gasteiger charge is 2.20. The Morgan fingerprint density at radius 1 is 1.50 bits per heavy atom. The first-order valence-electron chi connectivity index (χ1n) is 6.65. The molecule has 1 aliphatic heterocycles. The standard InChI is InChI=1S/C14H18N2O4/c1-9-6-10(4-5-20-9)7-16-13(17)11-2-3-12(14(18)19)15-8-11/h2-3,8-10H,4-7H2,1H3,(H,16,17)(H,18,19). The maximum Gasteiger partial charge on any atom is 0.354 e. The molecule has 1 aliphatic rings. The van der Waals surface area contributed by atoms with Gasteiger partial charge in [-0.1, -0.05) is 0 Å². The van der Waals surface area contributed by atoms with Crippen molar-refractivity contribution in [2.24, 2.45) is 5.92 Å². The predicted octanol–water partition coefficient (Wildman–Crippen LogP) is 1.32. The van der Waals surface area contributed by atoms with Crippen molar-refractivity contribution in [2.75, 3.05) is 13.2 Å². The number of aromatic carboxylic acids is 1. The molecule has 2 rings (SSSR count). The number of carboxylic acid groups (broad SMARTS) is 1. The van der Waals surface area contributed by atoms with Gasteiger partial charge in [0.05, 0.1) is 11.7 Å². The molecule has 1 fully saturated rings. The average molecular weight is 278 g/mol. The van der Waals surface area contributed by atoms with Gasteiger partial charge in [-0.2, -0.15) is 0 Å². The number of hydrogen-bond donors (Lipinski definition) is 2. The highest BCUT2D eigenvalue weighted by atomic mass is 16.5. The molecule has 0 spiro atoms. The van der Waals surface area contributed by atoms with Gasteiger partial charge in [-0.05, 0) is 37.8 Å². The molecule has 2 unspecified atom stereocenters. The van der Waals surface area contributed by atoms with Crippen molar-refractivity contribution < 1.29 is 19.4 Å². The van der Waals surface area contributed by atoms with Crippen LogP contribution in [0.1, 0.15) is 40.6 Å². The van der Waals surface area contributed by atoms with Gasteiger partial charge in [0, 0.05) is 19.3 Å². The minimum Gasteiger partial charge on any atom is -0.477 e. The Morgan fingerprint density at radius 2 is 2.30 bits per heavy atom. The van der Waals surface area contributed by atoms with Crippen molar-refractivity contribution in [3.05, 3.63) is 29.6 Å². The molecular weight excluding hydrogens is 260 g/mol. The Morgan fingerprint density at radius 3 is 2.90 bits per heavy atom. The zero-order valence-electron chi connectivity index (χ0n) is 11.3. The maximum atomic E-state index is 11.9. The fourth-order valence-corrected chi connectivity index (χ4v) is 2.27. The van der Waals surface area contributed by atoms with Crippen molar-refractivity contribution in [1.29, 1.82) is 0 Å². The summed E-state index contributed by atoms with van der Waals surface area (Å²) < 4.78 is 5.46. The number of nitrogens with zero attached hydrogens (tertiary/aromatic N) is 1. The van der Waals surface area contributed by atoms with Gasteiger partial charge in [-0.25, -0.2) is 9.78 Å². The highest BCUT2D eigenvalue weighted by molar-refractivity contribution is 5.94. The molecule has 2 N–H and O–H groups in total. The molecule has 0 bridgehead atoms. The molecule has 1 aromatic rings. The van der Waals surface area contributed by atoms with Crippen LogP contribution in [0.25, 0.3) is 0 Å². The number of carbonyl (C=O) groups excluding carboxylic acids is 1. The zero-order chi connectivity index (χ0) is 14.5. The number of nitrogens with one attached hydrogen (secondary N) is 1. The van der Waals surface area contributed by atoms with E-state index in [-0.39, 0.29) is 17.7 Å². The molecule has 0 aromatic carbocycles. The second-order valence-corrected chi connectivity index (χ2v) is 5.02. The van der Waals surface area contributed by atoms with Gasteiger partial charge in [0.1, 0.15) is 5.69 Å². The molecule has 2 atom stereocenters. The molecule has 6 heteroatoms. The SMILES string of the molecule is CC1CC(CNC(=O)c2ccc(C(=O)O)nc2)CCO1. The van der Waals surface area contributed by atoms with Crippen LogP contribution >= 0.6 is 0 Å². The number of amides is 1. The van der Waals surface area contributed by atoms with Gasteiger partial charge >= 0.3 is 5.97 Å². The van der Waals surface area contributed by atoms with Gasteiger partial charge in [-0.15, -0.1) is 0 Å². The number of aromatic nitrogens is 1. The summed E-state index contributed by atoms with van der Waals surface area (Å²) in [6.45, 7) is 3.37. The average Bonchev–Trinajstić information content (AvgIpc) is 2.45. The first-order chi connectivity index (χ1) is 9.56. The number of carbonyl (C=O) groups is 2. The summed E-state index contributed by atoms with van der Waals surface area (Å²) in [5, 5.41) is 11.6. The lowest BCUT2D eigenvalue weighted by atomic mass is 9.96. The Bertz CT molecular complexity index is 486. The molecule has 2 heterocycles. The molecule has 1 amide bonds. The molecule has 0 aliphatic carbocycles. The molecule has 6 nitrogen and oxygen atoms in total. The lowest BCUT2D eigenvalue weighted by Gasteiger charge is -2.27. The monoisotopic (exact) mass is 278 g/mol. The smallest absolute Gasteiger partial charge is 0.354 e. The van der Waals surface area contributed by atoms with E-state index in [4.69, 9.17) is 9.84 Å². The van der Waals surface area contributed by atoms with E-state index in [9.17, 15) is 9.59 Å². The summed E-state index contributed by atoms with van der Waals surface area (Å²) in [4.78, 5) is 26.3. The first kappa shape index (κ1) is 14.5. The van der Waals surface area contributed by atoms with E-state index in [1.54, 1.807) is 0 Å². The Labute approximate surface area is 117 Å². The van der Waals surface area contributed by atoms with Gasteiger partial charge in [0.15, 0.2) is 0 Å². The zero-order valence-corrected chi connectivity index (χ0v) is 11.3. The van der Waals surface area contributed by atoms with E-state index in [0.29, 0.717) is 18.0 Å². The van der Waals surface area contributed by atoms with Gasteiger partial charge in [0.2, 0.25) is 0 Å². The van der Waals surface area contributed by atoms with Crippen LogP contribution in [-0.4, -0.2) is 41.2 Å². The minimum absolute atomic E-state index is 0.0696. The van der Waals surface area contributed by atoms with Crippen molar-refractivity contribution in [1.82, 2.24) is 10.3 Å². The minimum atomic E-state index is -1.10. The van der Waals surface area contributed by atoms with Crippen LogP contribution in [0.2, 0.25) is 0 Å². The number of carboxylic acids is 1.